The van der Waals surface area contributed by atoms with Crippen molar-refractivity contribution >= 4 is 38.8 Å². The smallest absolute Gasteiger partial charge is 0.263 e. The normalized spacial score (nSPS) is 16.1. The number of nitrogens with zero attached hydrogens (tertiary/aromatic N) is 2. The third-order valence-corrected chi connectivity index (χ3v) is 7.07. The number of amides is 1. The number of anilines is 2. The third kappa shape index (κ3) is 4.20. The molecule has 0 radical (unpaired) electrons. The first-order valence-corrected chi connectivity index (χ1v) is 11.7. The van der Waals surface area contributed by atoms with Crippen LogP contribution in [0, 0.1) is 11.6 Å². The minimum absolute atomic E-state index is 0.00515. The van der Waals surface area contributed by atoms with E-state index in [1.165, 1.54) is 16.7 Å². The Bertz CT molecular complexity index is 1430. The Labute approximate surface area is 198 Å². The van der Waals surface area contributed by atoms with Crippen molar-refractivity contribution in [3.63, 3.8) is 0 Å². The first-order chi connectivity index (χ1) is 16.4. The Morgan fingerprint density at radius 1 is 1.09 bits per heavy atom. The molecule has 9 heteroatoms. The predicted octanol–water partition coefficient (Wildman–Crippen LogP) is 4.51. The second kappa shape index (κ2) is 9.00. The molecule has 1 saturated heterocycles. The molecule has 0 bridgehead atoms. The van der Waals surface area contributed by atoms with Gasteiger partial charge in [-0.05, 0) is 50.3 Å². The zero-order valence-electron chi connectivity index (χ0n) is 18.3. The number of fused-ring (bicyclic) bond motifs is 1. The van der Waals surface area contributed by atoms with E-state index in [-0.39, 0.29) is 23.2 Å². The number of halogens is 2. The van der Waals surface area contributed by atoms with Gasteiger partial charge >= 0.3 is 0 Å². The molecule has 1 atom stereocenters. The number of hydrogen-bond donors (Lipinski definition) is 2. The zero-order valence-corrected chi connectivity index (χ0v) is 19.2. The highest BCUT2D eigenvalue weighted by molar-refractivity contribution is 7.21. The summed E-state index contributed by atoms with van der Waals surface area (Å²) in [6, 6.07) is 15.4. The summed E-state index contributed by atoms with van der Waals surface area (Å²) in [5.74, 6) is -1.78. The van der Waals surface area contributed by atoms with Crippen LogP contribution in [0.2, 0.25) is 0 Å². The number of carbonyl (C=O) groups excluding carboxylic acids is 1. The molecule has 1 fully saturated rings. The van der Waals surface area contributed by atoms with E-state index >= 15 is 0 Å². The highest BCUT2D eigenvalue weighted by Gasteiger charge is 2.26. The predicted molar refractivity (Wildman–Crippen MR) is 130 cm³/mol. The van der Waals surface area contributed by atoms with E-state index in [9.17, 15) is 18.4 Å². The average Bonchev–Trinajstić information content (AvgIpc) is 3.39. The van der Waals surface area contributed by atoms with E-state index in [2.05, 4.69) is 15.5 Å². The lowest BCUT2D eigenvalue weighted by Crippen LogP contribution is -2.36. The minimum Gasteiger partial charge on any atom is -0.351 e. The number of likely N-dealkylation sites (tertiary alicyclic amines) is 1. The van der Waals surface area contributed by atoms with Crippen LogP contribution >= 0.6 is 11.3 Å². The first kappa shape index (κ1) is 22.2. The van der Waals surface area contributed by atoms with Gasteiger partial charge in [-0.1, -0.05) is 18.2 Å². The van der Waals surface area contributed by atoms with Crippen molar-refractivity contribution in [3.05, 3.63) is 87.5 Å². The van der Waals surface area contributed by atoms with Gasteiger partial charge < -0.3 is 15.5 Å². The van der Waals surface area contributed by atoms with Crippen LogP contribution in [0.3, 0.4) is 0 Å². The second-order valence-corrected chi connectivity index (χ2v) is 9.34. The molecule has 3 heterocycles. The summed E-state index contributed by atoms with van der Waals surface area (Å²) >= 11 is 1.16. The van der Waals surface area contributed by atoms with Crippen molar-refractivity contribution in [3.8, 4) is 5.69 Å². The molecule has 0 unspecified atom stereocenters. The quantitative estimate of drug-likeness (QED) is 0.441. The van der Waals surface area contributed by atoms with Crippen LogP contribution < -0.4 is 16.2 Å². The first-order valence-electron chi connectivity index (χ1n) is 10.9. The number of nitrogens with one attached hydrogen (secondary N) is 2. The fraction of sp³-hybridized carbons (Fsp3) is 0.200. The van der Waals surface area contributed by atoms with Gasteiger partial charge in [0.2, 0.25) is 0 Å². The minimum atomic E-state index is -0.778. The average molecular weight is 481 g/mol. The van der Waals surface area contributed by atoms with E-state index in [0.29, 0.717) is 26.5 Å². The van der Waals surface area contributed by atoms with Gasteiger partial charge in [0, 0.05) is 30.1 Å². The maximum absolute atomic E-state index is 14.5. The zero-order chi connectivity index (χ0) is 23.8. The van der Waals surface area contributed by atoms with E-state index in [1.807, 2.05) is 25.2 Å². The summed E-state index contributed by atoms with van der Waals surface area (Å²) in [7, 11) is 1.99. The molecule has 1 aliphatic heterocycles. The number of para-hydroxylation sites is 1. The van der Waals surface area contributed by atoms with E-state index in [0.717, 1.165) is 43.0 Å². The maximum atomic E-state index is 14.5. The van der Waals surface area contributed by atoms with Crippen molar-refractivity contribution in [2.45, 2.75) is 12.5 Å². The molecule has 2 aromatic heterocycles. The number of benzene rings is 2. The lowest BCUT2D eigenvalue weighted by Gasteiger charge is -2.14. The lowest BCUT2D eigenvalue weighted by atomic mass is 10.2. The van der Waals surface area contributed by atoms with Crippen LogP contribution in [0.5, 0.6) is 0 Å². The molecule has 0 aliphatic carbocycles. The largest absolute Gasteiger partial charge is 0.351 e. The van der Waals surface area contributed by atoms with Gasteiger partial charge in [-0.3, -0.25) is 14.2 Å². The van der Waals surface area contributed by atoms with Crippen LogP contribution in [0.1, 0.15) is 16.1 Å². The second-order valence-electron chi connectivity index (χ2n) is 8.34. The SMILES string of the molecule is CN1CC[C@H](NC(=O)c2sc3c(ccc(=O)n3-c3ccccc3)c2Nc2ccc(F)cc2F)C1. The number of rotatable bonds is 5. The third-order valence-electron chi connectivity index (χ3n) is 5.88. The van der Waals surface area contributed by atoms with Gasteiger partial charge in [0.15, 0.2) is 0 Å². The monoisotopic (exact) mass is 480 g/mol. The van der Waals surface area contributed by atoms with Gasteiger partial charge in [0.1, 0.15) is 21.3 Å². The van der Waals surface area contributed by atoms with Gasteiger partial charge in [-0.2, -0.15) is 0 Å². The summed E-state index contributed by atoms with van der Waals surface area (Å²) in [6.07, 6.45) is 0.831. The molecule has 174 valence electrons. The number of pyridine rings is 1. The molecular formula is C25H22F2N4O2S. The summed E-state index contributed by atoms with van der Waals surface area (Å²) in [5.41, 5.74) is 0.819. The summed E-state index contributed by atoms with van der Waals surface area (Å²) in [5, 5.41) is 6.63. The Morgan fingerprint density at radius 3 is 2.59 bits per heavy atom. The maximum Gasteiger partial charge on any atom is 0.263 e. The lowest BCUT2D eigenvalue weighted by molar-refractivity contribution is 0.0943. The molecule has 4 aromatic rings. The van der Waals surface area contributed by atoms with Crippen LogP contribution in [0.25, 0.3) is 15.9 Å². The molecular weight excluding hydrogens is 458 g/mol. The molecule has 1 aliphatic rings. The topological polar surface area (TPSA) is 66.4 Å². The fourth-order valence-corrected chi connectivity index (χ4v) is 5.39. The van der Waals surface area contributed by atoms with Crippen LogP contribution in [-0.2, 0) is 0 Å². The standard InChI is InChI=1S/C25H22F2N4O2S/c1-30-12-11-16(14-30)28-24(33)23-22(29-20-9-7-15(26)13-19(20)27)18-8-10-21(32)31(25(18)34-23)17-5-3-2-4-6-17/h2-10,13,16,29H,11-12,14H2,1H3,(H,28,33)/t16-/m0/s1. The van der Waals surface area contributed by atoms with Crippen LogP contribution in [0.4, 0.5) is 20.2 Å². The Hall–Kier alpha value is -3.56. The number of carbonyl (C=O) groups is 1. The molecule has 6 nitrogen and oxygen atoms in total. The molecule has 2 aromatic carbocycles. The van der Waals surface area contributed by atoms with Gasteiger partial charge in [0.05, 0.1) is 17.1 Å². The molecule has 5 rings (SSSR count). The summed E-state index contributed by atoms with van der Waals surface area (Å²) in [4.78, 5) is 29.2. The summed E-state index contributed by atoms with van der Waals surface area (Å²) in [6.45, 7) is 1.62. The van der Waals surface area contributed by atoms with Crippen molar-refractivity contribution in [1.82, 2.24) is 14.8 Å². The van der Waals surface area contributed by atoms with Gasteiger partial charge in [0.25, 0.3) is 11.5 Å². The number of thiophene rings is 1. The number of hydrogen-bond acceptors (Lipinski definition) is 5. The molecule has 1 amide bonds. The van der Waals surface area contributed by atoms with Gasteiger partial charge in [-0.25, -0.2) is 8.78 Å². The molecule has 0 spiro atoms. The van der Waals surface area contributed by atoms with E-state index in [1.54, 1.807) is 18.2 Å². The van der Waals surface area contributed by atoms with Crippen molar-refractivity contribution in [2.75, 3.05) is 25.5 Å². The molecule has 2 N–H and O–H groups in total. The number of aromatic nitrogens is 1. The number of likely N-dealkylation sites (N-methyl/N-ethyl adjacent to an activating group) is 1. The van der Waals surface area contributed by atoms with Crippen molar-refractivity contribution < 1.29 is 13.6 Å². The highest BCUT2D eigenvalue weighted by atomic mass is 32.1. The Balaban J connectivity index is 1.66. The molecule has 0 saturated carbocycles. The Kier molecular flexibility index (Phi) is 5.89. The van der Waals surface area contributed by atoms with Crippen LogP contribution in [0.15, 0.2) is 65.5 Å². The fourth-order valence-electron chi connectivity index (χ4n) is 4.22. The Morgan fingerprint density at radius 2 is 1.88 bits per heavy atom. The van der Waals surface area contributed by atoms with Crippen LogP contribution in [-0.4, -0.2) is 41.6 Å². The summed E-state index contributed by atoms with van der Waals surface area (Å²) < 4.78 is 29.5. The molecule has 34 heavy (non-hydrogen) atoms. The van der Waals surface area contributed by atoms with Gasteiger partial charge in [-0.15, -0.1) is 11.3 Å². The van der Waals surface area contributed by atoms with E-state index < -0.39 is 11.6 Å². The van der Waals surface area contributed by atoms with E-state index in [4.69, 9.17) is 0 Å². The van der Waals surface area contributed by atoms with Crippen molar-refractivity contribution in [2.24, 2.45) is 0 Å². The van der Waals surface area contributed by atoms with Crippen molar-refractivity contribution in [1.29, 1.82) is 0 Å². The highest BCUT2D eigenvalue weighted by Crippen LogP contribution is 2.38.